The molecule has 2 atom stereocenters. The van der Waals surface area contributed by atoms with Gasteiger partial charge in [-0.1, -0.05) is 19.8 Å². The average molecular weight is 267 g/mol. The highest BCUT2D eigenvalue weighted by Gasteiger charge is 2.21. The number of carbonyl (C=O) groups excluding carboxylic acids is 1. The lowest BCUT2D eigenvalue weighted by Crippen LogP contribution is -2.38. The van der Waals surface area contributed by atoms with Gasteiger partial charge in [-0.15, -0.1) is 11.3 Å². The number of nitrogens with zero attached hydrogens (tertiary/aromatic N) is 1. The van der Waals surface area contributed by atoms with E-state index in [9.17, 15) is 4.79 Å². The van der Waals surface area contributed by atoms with Crippen LogP contribution in [0.1, 0.15) is 48.1 Å². The van der Waals surface area contributed by atoms with Crippen molar-refractivity contribution in [1.29, 1.82) is 0 Å². The van der Waals surface area contributed by atoms with Gasteiger partial charge in [0.05, 0.1) is 5.01 Å². The van der Waals surface area contributed by atoms with Crippen molar-refractivity contribution in [2.45, 2.75) is 45.1 Å². The van der Waals surface area contributed by atoms with E-state index < -0.39 is 0 Å². The molecule has 0 spiro atoms. The van der Waals surface area contributed by atoms with Crippen LogP contribution in [0.3, 0.4) is 0 Å². The highest BCUT2D eigenvalue weighted by atomic mass is 32.1. The molecule has 1 fully saturated rings. The van der Waals surface area contributed by atoms with E-state index in [-0.39, 0.29) is 5.91 Å². The molecular weight excluding hydrogens is 246 g/mol. The Hall–Kier alpha value is -0.940. The van der Waals surface area contributed by atoms with E-state index in [1.54, 1.807) is 0 Å². The minimum absolute atomic E-state index is 0.0337. The normalized spacial score (nSPS) is 23.9. The van der Waals surface area contributed by atoms with Gasteiger partial charge in [-0.05, 0) is 25.3 Å². The van der Waals surface area contributed by atoms with Gasteiger partial charge in [0.15, 0.2) is 0 Å². The first-order valence-electron chi connectivity index (χ1n) is 6.64. The molecule has 1 heterocycles. The van der Waals surface area contributed by atoms with Gasteiger partial charge in [0.2, 0.25) is 0 Å². The second-order valence-electron chi connectivity index (χ2n) is 5.11. The summed E-state index contributed by atoms with van der Waals surface area (Å²) in [7, 11) is 0. The van der Waals surface area contributed by atoms with Crippen LogP contribution in [0.2, 0.25) is 0 Å². The Balaban J connectivity index is 1.90. The van der Waals surface area contributed by atoms with E-state index >= 15 is 0 Å². The van der Waals surface area contributed by atoms with Crippen molar-refractivity contribution >= 4 is 17.2 Å². The molecule has 1 amide bonds. The molecule has 1 aromatic heterocycles. The number of aromatic nitrogens is 1. The zero-order valence-electron chi connectivity index (χ0n) is 10.8. The van der Waals surface area contributed by atoms with Gasteiger partial charge in [0.25, 0.3) is 5.91 Å². The molecule has 5 heteroatoms. The lowest BCUT2D eigenvalue weighted by atomic mass is 9.87. The molecule has 4 nitrogen and oxygen atoms in total. The van der Waals surface area contributed by atoms with Crippen molar-refractivity contribution in [2.24, 2.45) is 11.7 Å². The van der Waals surface area contributed by atoms with Gasteiger partial charge < -0.3 is 11.1 Å². The Morgan fingerprint density at radius 1 is 1.61 bits per heavy atom. The maximum absolute atomic E-state index is 12.0. The van der Waals surface area contributed by atoms with Crippen molar-refractivity contribution in [2.75, 3.05) is 6.54 Å². The number of rotatable bonds is 4. The number of hydrogen-bond donors (Lipinski definition) is 2. The first kappa shape index (κ1) is 13.5. The van der Waals surface area contributed by atoms with E-state index in [0.717, 1.165) is 24.3 Å². The third-order valence-electron chi connectivity index (χ3n) is 3.41. The van der Waals surface area contributed by atoms with Gasteiger partial charge in [0, 0.05) is 17.8 Å². The van der Waals surface area contributed by atoms with E-state index in [1.807, 2.05) is 5.38 Å². The first-order valence-corrected chi connectivity index (χ1v) is 7.52. The van der Waals surface area contributed by atoms with Crippen LogP contribution in [0.25, 0.3) is 0 Å². The predicted octanol–water partition coefficient (Wildman–Crippen LogP) is 1.95. The summed E-state index contributed by atoms with van der Waals surface area (Å²) in [6, 6.07) is 0.320. The van der Waals surface area contributed by atoms with Crippen molar-refractivity contribution < 1.29 is 4.79 Å². The van der Waals surface area contributed by atoms with Crippen LogP contribution in [-0.2, 0) is 6.42 Å². The highest BCUT2D eigenvalue weighted by Crippen LogP contribution is 2.23. The second kappa shape index (κ2) is 6.29. The molecule has 18 heavy (non-hydrogen) atoms. The van der Waals surface area contributed by atoms with Crippen LogP contribution >= 0.6 is 11.3 Å². The van der Waals surface area contributed by atoms with Crippen LogP contribution in [0, 0.1) is 5.92 Å². The zero-order chi connectivity index (χ0) is 13.0. The van der Waals surface area contributed by atoms with Crippen molar-refractivity contribution in [3.8, 4) is 0 Å². The summed E-state index contributed by atoms with van der Waals surface area (Å²) in [6.07, 6.45) is 5.42. The molecule has 1 aromatic rings. The van der Waals surface area contributed by atoms with E-state index in [2.05, 4.69) is 17.2 Å². The molecule has 2 rings (SSSR count). The monoisotopic (exact) mass is 267 g/mol. The minimum atomic E-state index is -0.0337. The third kappa shape index (κ3) is 3.53. The van der Waals surface area contributed by atoms with Gasteiger partial charge in [-0.3, -0.25) is 4.79 Å². The summed E-state index contributed by atoms with van der Waals surface area (Å²) in [4.78, 5) is 16.3. The predicted molar refractivity (Wildman–Crippen MR) is 73.8 cm³/mol. The summed E-state index contributed by atoms with van der Waals surface area (Å²) >= 11 is 1.51. The molecule has 3 N–H and O–H groups in total. The fourth-order valence-electron chi connectivity index (χ4n) is 2.48. The Morgan fingerprint density at radius 2 is 2.44 bits per heavy atom. The Bertz CT molecular complexity index is 405. The Morgan fingerprint density at radius 3 is 3.17 bits per heavy atom. The SMILES string of the molecule is CC1CCCC(NC(=O)c2csc(CCN)n2)C1. The lowest BCUT2D eigenvalue weighted by molar-refractivity contribution is 0.0917. The number of hydrogen-bond acceptors (Lipinski definition) is 4. The van der Waals surface area contributed by atoms with Crippen LogP contribution < -0.4 is 11.1 Å². The van der Waals surface area contributed by atoms with Crippen LogP contribution in [-0.4, -0.2) is 23.5 Å². The van der Waals surface area contributed by atoms with Crippen molar-refractivity contribution in [1.82, 2.24) is 10.3 Å². The zero-order valence-corrected chi connectivity index (χ0v) is 11.6. The van der Waals surface area contributed by atoms with Gasteiger partial charge in [0.1, 0.15) is 5.69 Å². The molecule has 0 radical (unpaired) electrons. The van der Waals surface area contributed by atoms with Crippen LogP contribution in [0.4, 0.5) is 0 Å². The Labute approximate surface area is 112 Å². The van der Waals surface area contributed by atoms with Gasteiger partial charge >= 0.3 is 0 Å². The topological polar surface area (TPSA) is 68.0 Å². The fraction of sp³-hybridized carbons (Fsp3) is 0.692. The van der Waals surface area contributed by atoms with Crippen molar-refractivity contribution in [3.05, 3.63) is 16.1 Å². The van der Waals surface area contributed by atoms with Crippen LogP contribution in [0.5, 0.6) is 0 Å². The fourth-order valence-corrected chi connectivity index (χ4v) is 3.27. The maximum Gasteiger partial charge on any atom is 0.270 e. The average Bonchev–Trinajstić information content (AvgIpc) is 2.78. The number of nitrogens with two attached hydrogens (primary N) is 1. The molecule has 0 saturated heterocycles. The van der Waals surface area contributed by atoms with Gasteiger partial charge in [-0.2, -0.15) is 0 Å². The molecule has 2 unspecified atom stereocenters. The minimum Gasteiger partial charge on any atom is -0.348 e. The summed E-state index contributed by atoms with van der Waals surface area (Å²) < 4.78 is 0. The largest absolute Gasteiger partial charge is 0.348 e. The summed E-state index contributed by atoms with van der Waals surface area (Å²) in [6.45, 7) is 2.83. The highest BCUT2D eigenvalue weighted by molar-refractivity contribution is 7.09. The molecule has 0 aromatic carbocycles. The number of nitrogens with one attached hydrogen (secondary N) is 1. The van der Waals surface area contributed by atoms with E-state index in [1.165, 1.54) is 24.2 Å². The van der Waals surface area contributed by atoms with Crippen LogP contribution in [0.15, 0.2) is 5.38 Å². The summed E-state index contributed by atoms with van der Waals surface area (Å²) in [5, 5.41) is 5.87. The maximum atomic E-state index is 12.0. The van der Waals surface area contributed by atoms with E-state index in [4.69, 9.17) is 5.73 Å². The molecule has 1 saturated carbocycles. The third-order valence-corrected chi connectivity index (χ3v) is 4.32. The molecule has 1 aliphatic carbocycles. The number of amides is 1. The number of thiazole rings is 1. The van der Waals surface area contributed by atoms with Crippen molar-refractivity contribution in [3.63, 3.8) is 0 Å². The Kier molecular flexibility index (Phi) is 4.72. The summed E-state index contributed by atoms with van der Waals surface area (Å²) in [5.74, 6) is 0.681. The second-order valence-corrected chi connectivity index (χ2v) is 6.05. The van der Waals surface area contributed by atoms with E-state index in [0.29, 0.717) is 24.2 Å². The lowest BCUT2D eigenvalue weighted by Gasteiger charge is -2.27. The number of carbonyl (C=O) groups is 1. The quantitative estimate of drug-likeness (QED) is 0.876. The molecule has 0 bridgehead atoms. The van der Waals surface area contributed by atoms with Gasteiger partial charge in [-0.25, -0.2) is 4.98 Å². The molecule has 100 valence electrons. The molecule has 1 aliphatic rings. The first-order chi connectivity index (χ1) is 8.69. The molecule has 0 aliphatic heterocycles. The standard InChI is InChI=1S/C13H21N3OS/c1-9-3-2-4-10(7-9)15-13(17)11-8-18-12(16-11)5-6-14/h8-10H,2-7,14H2,1H3,(H,15,17). The smallest absolute Gasteiger partial charge is 0.270 e. The summed E-state index contributed by atoms with van der Waals surface area (Å²) in [5.41, 5.74) is 6.02. The molecular formula is C13H21N3OS.